The molecule has 11 heteroatoms. The van der Waals surface area contributed by atoms with Gasteiger partial charge in [-0.15, -0.1) is 0 Å². The predicted molar refractivity (Wildman–Crippen MR) is 138 cm³/mol. The number of likely N-dealkylation sites (tertiary alicyclic amines) is 1. The monoisotopic (exact) mass is 522 g/mol. The van der Waals surface area contributed by atoms with Crippen molar-refractivity contribution in [2.45, 2.75) is 70.1 Å². The van der Waals surface area contributed by atoms with Crippen molar-refractivity contribution in [2.75, 3.05) is 18.6 Å². The molecular formula is C25H38N4O6S. The van der Waals surface area contributed by atoms with Crippen molar-refractivity contribution in [1.82, 2.24) is 15.5 Å². The number of aromatic hydroxyl groups is 1. The fourth-order valence-corrected chi connectivity index (χ4v) is 4.68. The molecule has 1 aliphatic rings. The summed E-state index contributed by atoms with van der Waals surface area (Å²) in [7, 11) is 0. The second-order valence-electron chi connectivity index (χ2n) is 9.54. The number of hydrogen-bond donors (Lipinski definition) is 5. The van der Waals surface area contributed by atoms with Crippen molar-refractivity contribution < 1.29 is 29.4 Å². The Hall–Kier alpha value is -2.79. The third-order valence-electron chi connectivity index (χ3n) is 6.11. The summed E-state index contributed by atoms with van der Waals surface area (Å²) in [5, 5.41) is 24.4. The summed E-state index contributed by atoms with van der Waals surface area (Å²) in [5.74, 6) is -1.68. The van der Waals surface area contributed by atoms with E-state index in [1.807, 2.05) is 20.1 Å². The summed E-state index contributed by atoms with van der Waals surface area (Å²) in [4.78, 5) is 52.2. The molecular weight excluding hydrogens is 484 g/mol. The zero-order chi connectivity index (χ0) is 26.8. The van der Waals surface area contributed by atoms with Gasteiger partial charge in [0.15, 0.2) is 0 Å². The van der Waals surface area contributed by atoms with E-state index >= 15 is 0 Å². The molecule has 6 N–H and O–H groups in total. The van der Waals surface area contributed by atoms with Crippen LogP contribution in [0, 0.1) is 5.92 Å². The lowest BCUT2D eigenvalue weighted by molar-refractivity contribution is -0.149. The Morgan fingerprint density at radius 3 is 2.33 bits per heavy atom. The largest absolute Gasteiger partial charge is 0.508 e. The molecule has 1 aliphatic heterocycles. The normalized spacial score (nSPS) is 17.9. The highest BCUT2D eigenvalue weighted by Crippen LogP contribution is 2.20. The summed E-state index contributed by atoms with van der Waals surface area (Å²) in [5.41, 5.74) is 6.85. The molecule has 3 amide bonds. The first-order valence-electron chi connectivity index (χ1n) is 12.2. The van der Waals surface area contributed by atoms with E-state index in [1.165, 1.54) is 28.8 Å². The smallest absolute Gasteiger partial charge is 0.326 e. The van der Waals surface area contributed by atoms with Gasteiger partial charge in [0.25, 0.3) is 0 Å². The van der Waals surface area contributed by atoms with Crippen LogP contribution in [0.25, 0.3) is 0 Å². The Bertz CT molecular complexity index is 910. The van der Waals surface area contributed by atoms with Crippen molar-refractivity contribution >= 4 is 35.5 Å². The number of rotatable bonds is 13. The molecule has 200 valence electrons. The van der Waals surface area contributed by atoms with E-state index in [0.29, 0.717) is 38.0 Å². The van der Waals surface area contributed by atoms with Crippen LogP contribution in [0.1, 0.15) is 45.1 Å². The number of amides is 3. The van der Waals surface area contributed by atoms with Crippen LogP contribution in [0.4, 0.5) is 0 Å². The third-order valence-corrected chi connectivity index (χ3v) is 6.76. The van der Waals surface area contributed by atoms with Gasteiger partial charge in [0.2, 0.25) is 17.7 Å². The molecule has 0 spiro atoms. The summed E-state index contributed by atoms with van der Waals surface area (Å²) < 4.78 is 0. The van der Waals surface area contributed by atoms with Crippen molar-refractivity contribution in [2.24, 2.45) is 11.7 Å². The van der Waals surface area contributed by atoms with Crippen molar-refractivity contribution in [3.63, 3.8) is 0 Å². The minimum atomic E-state index is -1.05. The number of nitrogens with one attached hydrogen (secondary N) is 2. The first-order chi connectivity index (χ1) is 17.0. The highest BCUT2D eigenvalue weighted by Gasteiger charge is 2.38. The number of carboxylic acid groups (broad SMARTS) is 1. The van der Waals surface area contributed by atoms with Crippen LogP contribution >= 0.6 is 11.8 Å². The standard InChI is InChI=1S/C25H38N4O6S/c1-15(2)13-20(28-22(31)18(26)14-16-6-8-17(30)9-7-16)23(32)27-19(10-12-36-3)24(33)29-11-4-5-21(29)25(34)35/h6-9,15,18-21,30H,4-5,10-14,26H2,1-3H3,(H,27,32)(H,28,31)(H,34,35). The summed E-state index contributed by atoms with van der Waals surface area (Å²) in [6.07, 6.45) is 3.77. The van der Waals surface area contributed by atoms with E-state index in [2.05, 4.69) is 10.6 Å². The quantitative estimate of drug-likeness (QED) is 0.257. The second kappa shape index (κ2) is 14.1. The van der Waals surface area contributed by atoms with E-state index < -0.39 is 47.9 Å². The van der Waals surface area contributed by atoms with Gasteiger partial charge in [-0.1, -0.05) is 26.0 Å². The van der Waals surface area contributed by atoms with E-state index in [4.69, 9.17) is 5.73 Å². The Kier molecular flexibility index (Phi) is 11.5. The fourth-order valence-electron chi connectivity index (χ4n) is 4.21. The summed E-state index contributed by atoms with van der Waals surface area (Å²) in [6, 6.07) is 2.77. The molecule has 1 saturated heterocycles. The number of thioether (sulfide) groups is 1. The van der Waals surface area contributed by atoms with Crippen LogP contribution < -0.4 is 16.4 Å². The molecule has 10 nitrogen and oxygen atoms in total. The minimum absolute atomic E-state index is 0.0738. The van der Waals surface area contributed by atoms with Crippen LogP contribution in [-0.2, 0) is 25.6 Å². The first kappa shape index (κ1) is 29.4. The number of phenolic OH excluding ortho intramolecular Hbond substituents is 1. The predicted octanol–water partition coefficient (Wildman–Crippen LogP) is 1.11. The number of carbonyl (C=O) groups excluding carboxylic acids is 3. The number of aliphatic carboxylic acids is 1. The Balaban J connectivity index is 2.11. The van der Waals surface area contributed by atoms with Gasteiger partial charge < -0.3 is 31.5 Å². The van der Waals surface area contributed by atoms with E-state index in [9.17, 15) is 29.4 Å². The van der Waals surface area contributed by atoms with Gasteiger partial charge in [-0.25, -0.2) is 4.79 Å². The molecule has 0 aromatic heterocycles. The first-order valence-corrected chi connectivity index (χ1v) is 13.6. The highest BCUT2D eigenvalue weighted by molar-refractivity contribution is 7.98. The zero-order valence-electron chi connectivity index (χ0n) is 21.1. The Morgan fingerprint density at radius 1 is 1.11 bits per heavy atom. The molecule has 4 atom stereocenters. The maximum atomic E-state index is 13.3. The third kappa shape index (κ3) is 8.70. The Morgan fingerprint density at radius 2 is 1.75 bits per heavy atom. The van der Waals surface area contributed by atoms with Gasteiger partial charge in [0, 0.05) is 6.54 Å². The van der Waals surface area contributed by atoms with Gasteiger partial charge in [-0.05, 0) is 67.7 Å². The molecule has 36 heavy (non-hydrogen) atoms. The molecule has 0 aliphatic carbocycles. The number of carboxylic acids is 1. The molecule has 1 fully saturated rings. The topological polar surface area (TPSA) is 162 Å². The Labute approximate surface area is 216 Å². The molecule has 1 aromatic carbocycles. The summed E-state index contributed by atoms with van der Waals surface area (Å²) in [6.45, 7) is 4.17. The van der Waals surface area contributed by atoms with E-state index in [-0.39, 0.29) is 18.1 Å². The van der Waals surface area contributed by atoms with Gasteiger partial charge in [-0.2, -0.15) is 11.8 Å². The minimum Gasteiger partial charge on any atom is -0.508 e. The fraction of sp³-hybridized carbons (Fsp3) is 0.600. The number of benzene rings is 1. The van der Waals surface area contributed by atoms with Crippen LogP contribution in [0.15, 0.2) is 24.3 Å². The SMILES string of the molecule is CSCCC(NC(=O)C(CC(C)C)NC(=O)C(N)Cc1ccc(O)cc1)C(=O)N1CCCC1C(=O)O. The lowest BCUT2D eigenvalue weighted by Gasteiger charge is -2.29. The van der Waals surface area contributed by atoms with Gasteiger partial charge in [0.05, 0.1) is 6.04 Å². The maximum absolute atomic E-state index is 13.3. The molecule has 0 bridgehead atoms. The molecule has 2 rings (SSSR count). The van der Waals surface area contributed by atoms with Gasteiger partial charge in [0.1, 0.15) is 23.9 Å². The average molecular weight is 523 g/mol. The highest BCUT2D eigenvalue weighted by atomic mass is 32.2. The maximum Gasteiger partial charge on any atom is 0.326 e. The molecule has 4 unspecified atom stereocenters. The van der Waals surface area contributed by atoms with Crippen LogP contribution in [0.2, 0.25) is 0 Å². The zero-order valence-corrected chi connectivity index (χ0v) is 21.9. The van der Waals surface area contributed by atoms with Crippen LogP contribution in [-0.4, -0.2) is 81.5 Å². The van der Waals surface area contributed by atoms with Crippen molar-refractivity contribution in [3.05, 3.63) is 29.8 Å². The van der Waals surface area contributed by atoms with E-state index in [0.717, 1.165) is 5.56 Å². The molecule has 1 heterocycles. The lowest BCUT2D eigenvalue weighted by Crippen LogP contribution is -2.57. The molecule has 0 radical (unpaired) electrons. The van der Waals surface area contributed by atoms with E-state index in [1.54, 1.807) is 12.1 Å². The summed E-state index contributed by atoms with van der Waals surface area (Å²) >= 11 is 1.52. The van der Waals surface area contributed by atoms with Crippen molar-refractivity contribution in [1.29, 1.82) is 0 Å². The van der Waals surface area contributed by atoms with Gasteiger partial charge in [-0.3, -0.25) is 14.4 Å². The van der Waals surface area contributed by atoms with Crippen LogP contribution in [0.5, 0.6) is 5.75 Å². The number of nitrogens with two attached hydrogens (primary N) is 1. The molecule has 0 saturated carbocycles. The van der Waals surface area contributed by atoms with Crippen molar-refractivity contribution in [3.8, 4) is 5.75 Å². The molecule has 1 aromatic rings. The second-order valence-corrected chi connectivity index (χ2v) is 10.5. The number of phenols is 1. The van der Waals surface area contributed by atoms with Gasteiger partial charge >= 0.3 is 5.97 Å². The number of nitrogens with zero attached hydrogens (tertiary/aromatic N) is 1. The van der Waals surface area contributed by atoms with Crippen LogP contribution in [0.3, 0.4) is 0 Å². The number of hydrogen-bond acceptors (Lipinski definition) is 7. The lowest BCUT2D eigenvalue weighted by atomic mass is 10.0. The number of carbonyl (C=O) groups is 4. The average Bonchev–Trinajstić information content (AvgIpc) is 3.32.